The van der Waals surface area contributed by atoms with Crippen LogP contribution in [0.1, 0.15) is 31.9 Å². The zero-order chi connectivity index (χ0) is 26.1. The maximum Gasteiger partial charge on any atom is 0.264 e. The third-order valence-corrected chi connectivity index (χ3v) is 7.40. The number of ether oxygens (including phenoxy) is 3. The number of sulfonamides is 1. The van der Waals surface area contributed by atoms with Gasteiger partial charge >= 0.3 is 0 Å². The van der Waals surface area contributed by atoms with Crippen LogP contribution in [0.2, 0.25) is 0 Å². The molecular formula is C27H32N2O6S. The lowest BCUT2D eigenvalue weighted by molar-refractivity contribution is -0.120. The molecule has 0 aromatic heterocycles. The largest absolute Gasteiger partial charge is 0.494 e. The average molecular weight is 513 g/mol. The predicted molar refractivity (Wildman–Crippen MR) is 139 cm³/mol. The molecule has 1 atom stereocenters. The number of anilines is 1. The summed E-state index contributed by atoms with van der Waals surface area (Å²) in [7, 11) is -0.926. The van der Waals surface area contributed by atoms with Crippen LogP contribution in [0.15, 0.2) is 77.7 Å². The maximum atomic E-state index is 13.6. The number of nitrogens with one attached hydrogen (secondary N) is 1. The molecule has 1 N–H and O–H groups in total. The van der Waals surface area contributed by atoms with Gasteiger partial charge in [-0.3, -0.25) is 9.10 Å². The number of benzene rings is 3. The van der Waals surface area contributed by atoms with Gasteiger partial charge in [-0.25, -0.2) is 8.42 Å². The summed E-state index contributed by atoms with van der Waals surface area (Å²) < 4.78 is 44.4. The van der Waals surface area contributed by atoms with Crippen LogP contribution in [0.4, 0.5) is 5.69 Å². The Hall–Kier alpha value is -3.72. The summed E-state index contributed by atoms with van der Waals surface area (Å²) in [4.78, 5) is 13.2. The highest BCUT2D eigenvalue weighted by atomic mass is 32.2. The van der Waals surface area contributed by atoms with Crippen molar-refractivity contribution < 1.29 is 27.4 Å². The summed E-state index contributed by atoms with van der Waals surface area (Å²) in [5, 5.41) is 2.96. The van der Waals surface area contributed by atoms with Crippen LogP contribution in [0.5, 0.6) is 17.2 Å². The fourth-order valence-corrected chi connectivity index (χ4v) is 5.19. The molecule has 9 heteroatoms. The van der Waals surface area contributed by atoms with Gasteiger partial charge in [-0.15, -0.1) is 0 Å². The number of rotatable bonds is 12. The summed E-state index contributed by atoms with van der Waals surface area (Å²) in [6.07, 6.45) is 0.595. The van der Waals surface area contributed by atoms with Crippen molar-refractivity contribution in [2.45, 2.75) is 31.2 Å². The summed E-state index contributed by atoms with van der Waals surface area (Å²) in [6, 6.07) is 19.8. The van der Waals surface area contributed by atoms with Crippen molar-refractivity contribution in [3.8, 4) is 17.2 Å². The minimum atomic E-state index is -4.03. The Morgan fingerprint density at radius 3 is 2.17 bits per heavy atom. The van der Waals surface area contributed by atoms with Crippen LogP contribution in [0, 0.1) is 0 Å². The van der Waals surface area contributed by atoms with E-state index in [-0.39, 0.29) is 17.5 Å². The molecule has 36 heavy (non-hydrogen) atoms. The molecule has 0 fully saturated rings. The van der Waals surface area contributed by atoms with Crippen molar-refractivity contribution in [1.82, 2.24) is 5.32 Å². The molecular weight excluding hydrogens is 480 g/mol. The van der Waals surface area contributed by atoms with E-state index in [9.17, 15) is 13.2 Å². The molecule has 0 spiro atoms. The molecule has 0 aliphatic rings. The Bertz CT molecular complexity index is 1250. The highest BCUT2D eigenvalue weighted by molar-refractivity contribution is 7.92. The normalized spacial score (nSPS) is 11.9. The van der Waals surface area contributed by atoms with Gasteiger partial charge in [0.25, 0.3) is 10.0 Å². The number of amides is 1. The molecule has 1 unspecified atom stereocenters. The first-order valence-corrected chi connectivity index (χ1v) is 13.1. The minimum absolute atomic E-state index is 0.0644. The van der Waals surface area contributed by atoms with Crippen LogP contribution in [0.25, 0.3) is 0 Å². The number of carbonyl (C=O) groups is 1. The monoisotopic (exact) mass is 512 g/mol. The van der Waals surface area contributed by atoms with Gasteiger partial charge in [-0.05, 0) is 67.4 Å². The first kappa shape index (κ1) is 26.9. The van der Waals surface area contributed by atoms with Crippen molar-refractivity contribution in [3.05, 3.63) is 78.4 Å². The summed E-state index contributed by atoms with van der Waals surface area (Å²) in [5.74, 6) is 1.27. The van der Waals surface area contributed by atoms with Gasteiger partial charge in [0.1, 0.15) is 12.3 Å². The van der Waals surface area contributed by atoms with E-state index >= 15 is 0 Å². The third-order valence-electron chi connectivity index (χ3n) is 5.61. The highest BCUT2D eigenvalue weighted by Crippen LogP contribution is 2.31. The number of nitrogens with zero attached hydrogens (tertiary/aromatic N) is 1. The molecule has 0 bridgehead atoms. The molecule has 8 nitrogen and oxygen atoms in total. The standard InChI is InChI=1S/C27H32N2O6S/c1-5-24(20-12-17-25(33-3)26(18-20)34-4)28-27(30)19-29(21-10-8-7-9-11-21)36(31,32)23-15-13-22(14-16-23)35-6-2/h7-18,24H,5-6,19H2,1-4H3,(H,28,30). The Morgan fingerprint density at radius 2 is 1.58 bits per heavy atom. The van der Waals surface area contributed by atoms with E-state index in [2.05, 4.69) is 5.32 Å². The van der Waals surface area contributed by atoms with Crippen LogP contribution in [-0.4, -0.2) is 41.7 Å². The van der Waals surface area contributed by atoms with E-state index in [1.807, 2.05) is 19.9 Å². The number of methoxy groups -OCH3 is 2. The molecule has 3 aromatic rings. The third kappa shape index (κ3) is 6.28. The van der Waals surface area contributed by atoms with Crippen LogP contribution in [0.3, 0.4) is 0 Å². The van der Waals surface area contributed by atoms with E-state index in [0.717, 1.165) is 9.87 Å². The topological polar surface area (TPSA) is 94.2 Å². The fourth-order valence-electron chi connectivity index (χ4n) is 3.77. The highest BCUT2D eigenvalue weighted by Gasteiger charge is 2.28. The van der Waals surface area contributed by atoms with E-state index in [1.54, 1.807) is 68.8 Å². The number of hydrogen-bond donors (Lipinski definition) is 1. The molecule has 0 aliphatic carbocycles. The molecule has 0 aliphatic heterocycles. The Balaban J connectivity index is 1.87. The lowest BCUT2D eigenvalue weighted by atomic mass is 10.0. The molecule has 0 saturated heterocycles. The second-order valence-corrected chi connectivity index (χ2v) is 9.76. The van der Waals surface area contributed by atoms with E-state index in [4.69, 9.17) is 14.2 Å². The van der Waals surface area contributed by atoms with Gasteiger partial charge in [0.05, 0.1) is 37.5 Å². The molecule has 3 aromatic carbocycles. The van der Waals surface area contributed by atoms with E-state index < -0.39 is 15.9 Å². The van der Waals surface area contributed by atoms with Crippen molar-refractivity contribution in [3.63, 3.8) is 0 Å². The molecule has 0 heterocycles. The van der Waals surface area contributed by atoms with Crippen LogP contribution < -0.4 is 23.8 Å². The number of hydrogen-bond acceptors (Lipinski definition) is 6. The second-order valence-electron chi connectivity index (χ2n) is 7.89. The summed E-state index contributed by atoms with van der Waals surface area (Å²) in [6.45, 7) is 3.88. The van der Waals surface area contributed by atoms with Gasteiger partial charge < -0.3 is 19.5 Å². The van der Waals surface area contributed by atoms with E-state index in [1.165, 1.54) is 12.1 Å². The van der Waals surface area contributed by atoms with Crippen molar-refractivity contribution in [2.75, 3.05) is 31.7 Å². The fraction of sp³-hybridized carbons (Fsp3) is 0.296. The average Bonchev–Trinajstić information content (AvgIpc) is 2.90. The van der Waals surface area contributed by atoms with Crippen LogP contribution in [-0.2, 0) is 14.8 Å². The number of carbonyl (C=O) groups excluding carboxylic acids is 1. The second kappa shape index (κ2) is 12.3. The molecule has 1 amide bonds. The number of para-hydroxylation sites is 1. The van der Waals surface area contributed by atoms with Gasteiger partial charge in [0.2, 0.25) is 5.91 Å². The van der Waals surface area contributed by atoms with E-state index in [0.29, 0.717) is 36.0 Å². The Morgan fingerprint density at radius 1 is 0.917 bits per heavy atom. The lowest BCUT2D eigenvalue weighted by Crippen LogP contribution is -2.42. The Labute approximate surface area is 212 Å². The van der Waals surface area contributed by atoms with Gasteiger partial charge in [-0.1, -0.05) is 31.2 Å². The SMILES string of the molecule is CCOc1ccc(S(=O)(=O)N(CC(=O)NC(CC)c2ccc(OC)c(OC)c2)c2ccccc2)cc1. The van der Waals surface area contributed by atoms with Crippen molar-refractivity contribution in [1.29, 1.82) is 0 Å². The van der Waals surface area contributed by atoms with Gasteiger partial charge in [0, 0.05) is 0 Å². The molecule has 192 valence electrons. The van der Waals surface area contributed by atoms with Crippen molar-refractivity contribution in [2.24, 2.45) is 0 Å². The molecule has 0 saturated carbocycles. The quantitative estimate of drug-likeness (QED) is 0.382. The smallest absolute Gasteiger partial charge is 0.264 e. The first-order valence-electron chi connectivity index (χ1n) is 11.7. The predicted octanol–water partition coefficient (Wildman–Crippen LogP) is 4.57. The van der Waals surface area contributed by atoms with Gasteiger partial charge in [0.15, 0.2) is 11.5 Å². The van der Waals surface area contributed by atoms with Gasteiger partial charge in [-0.2, -0.15) is 0 Å². The first-order chi connectivity index (χ1) is 17.3. The lowest BCUT2D eigenvalue weighted by Gasteiger charge is -2.26. The molecule has 0 radical (unpaired) electrons. The van der Waals surface area contributed by atoms with Crippen molar-refractivity contribution >= 4 is 21.6 Å². The minimum Gasteiger partial charge on any atom is -0.494 e. The summed E-state index contributed by atoms with van der Waals surface area (Å²) in [5.41, 5.74) is 1.21. The Kier molecular flexibility index (Phi) is 9.19. The maximum absolute atomic E-state index is 13.6. The summed E-state index contributed by atoms with van der Waals surface area (Å²) >= 11 is 0. The van der Waals surface area contributed by atoms with Crippen LogP contribution >= 0.6 is 0 Å². The zero-order valence-electron chi connectivity index (χ0n) is 20.9. The molecule has 3 rings (SSSR count). The zero-order valence-corrected chi connectivity index (χ0v) is 21.7.